The number of hydrogen-bond acceptors (Lipinski definition) is 27. The number of rotatable bonds is 23. The summed E-state index contributed by atoms with van der Waals surface area (Å²) >= 11 is 11.9. The van der Waals surface area contributed by atoms with Gasteiger partial charge in [0.25, 0.3) is 0 Å². The average molecular weight is 1840 g/mol. The molecular formula is C94H93Cl2N29O9. The smallest absolute Gasteiger partial charge is 0.337 e. The number of benzene rings is 6. The molecule has 2 unspecified atom stereocenters. The molecule has 19 aromatic rings. The molecule has 1 aliphatic heterocycles. The van der Waals surface area contributed by atoms with Gasteiger partial charge in [0.2, 0.25) is 17.7 Å². The Morgan fingerprint density at radius 2 is 0.873 bits per heavy atom. The van der Waals surface area contributed by atoms with Crippen molar-refractivity contribution in [3.05, 3.63) is 262 Å². The number of carbonyl (C=O) groups is 4. The van der Waals surface area contributed by atoms with Gasteiger partial charge in [0.1, 0.15) is 130 Å². The van der Waals surface area contributed by atoms with Gasteiger partial charge < -0.3 is 103 Å². The summed E-state index contributed by atoms with van der Waals surface area (Å²) in [5, 5.41) is 42.5. The molecule has 134 heavy (non-hydrogen) atoms. The number of nitrogens with zero attached hydrogens (tertiary/aromatic N) is 13. The van der Waals surface area contributed by atoms with Crippen LogP contribution in [0.25, 0.3) is 77.1 Å². The maximum Gasteiger partial charge on any atom is 0.337 e. The maximum atomic E-state index is 11.5. The van der Waals surface area contributed by atoms with E-state index in [0.717, 1.165) is 159 Å². The summed E-state index contributed by atoms with van der Waals surface area (Å²) in [4.78, 5) is 115. The van der Waals surface area contributed by atoms with Crippen LogP contribution in [0, 0.1) is 41.5 Å². The highest BCUT2D eigenvalue weighted by Crippen LogP contribution is 2.39. The van der Waals surface area contributed by atoms with Crippen LogP contribution in [-0.4, -0.2) is 160 Å². The van der Waals surface area contributed by atoms with E-state index in [9.17, 15) is 19.2 Å². The minimum atomic E-state index is -1.06. The molecule has 3 amide bonds. The van der Waals surface area contributed by atoms with E-state index in [1.165, 1.54) is 37.7 Å². The van der Waals surface area contributed by atoms with Crippen LogP contribution in [0.3, 0.4) is 0 Å². The molecule has 0 radical (unpaired) electrons. The van der Waals surface area contributed by atoms with E-state index < -0.39 is 23.7 Å². The van der Waals surface area contributed by atoms with Crippen molar-refractivity contribution >= 4 is 193 Å². The number of aromatic carboxylic acids is 1. The van der Waals surface area contributed by atoms with Crippen LogP contribution in [0.5, 0.6) is 17.2 Å². The summed E-state index contributed by atoms with van der Waals surface area (Å²) in [6.07, 6.45) is 18.0. The van der Waals surface area contributed by atoms with Gasteiger partial charge in [-0.1, -0.05) is 42.3 Å². The number of ether oxygens (including phenoxy) is 4. The largest absolute Gasteiger partial charge is 0.489 e. The molecule has 6 aromatic carbocycles. The molecule has 0 spiro atoms. The van der Waals surface area contributed by atoms with E-state index in [-0.39, 0.29) is 34.5 Å². The van der Waals surface area contributed by atoms with Crippen LogP contribution in [0.1, 0.15) is 116 Å². The zero-order chi connectivity index (χ0) is 94.4. The molecule has 20 rings (SSSR count). The highest BCUT2D eigenvalue weighted by molar-refractivity contribution is 6.34. The number of H-pyrrole nitrogens is 7. The third-order valence-corrected chi connectivity index (χ3v) is 22.2. The molecule has 0 saturated carbocycles. The molecule has 2 atom stereocenters. The number of aromatic nitrogens is 20. The first-order chi connectivity index (χ1) is 64.7. The lowest BCUT2D eigenvalue weighted by atomic mass is 10.1. The molecular weight excluding hydrogens is 1750 g/mol. The second-order valence-corrected chi connectivity index (χ2v) is 31.9. The molecule has 682 valence electrons. The van der Waals surface area contributed by atoms with Gasteiger partial charge in [0.05, 0.1) is 108 Å². The number of primary amides is 3. The van der Waals surface area contributed by atoms with Crippen molar-refractivity contribution < 1.29 is 43.2 Å². The van der Waals surface area contributed by atoms with Gasteiger partial charge in [0.15, 0.2) is 0 Å². The summed E-state index contributed by atoms with van der Waals surface area (Å²) in [7, 11) is 0. The minimum absolute atomic E-state index is 0.000309. The number of nitrogens with one attached hydrogen (secondary N) is 13. The number of fused-ring (bicyclic) bond motifs is 7. The van der Waals surface area contributed by atoms with Crippen LogP contribution in [0.2, 0.25) is 10.0 Å². The number of aryl methyl sites for hydroxylation is 6. The second kappa shape index (κ2) is 41.3. The fourth-order valence-corrected chi connectivity index (χ4v) is 14.8. The zero-order valence-electron chi connectivity index (χ0n) is 74.1. The van der Waals surface area contributed by atoms with Gasteiger partial charge in [-0.05, 0) is 207 Å². The Hall–Kier alpha value is -16.9. The average Bonchev–Trinajstić information content (AvgIpc) is 1.65. The summed E-state index contributed by atoms with van der Waals surface area (Å²) in [5.41, 5.74) is 33.9. The first kappa shape index (κ1) is 91.9. The minimum Gasteiger partial charge on any atom is -0.489 e. The molecule has 14 heterocycles. The predicted octanol–water partition coefficient (Wildman–Crippen LogP) is 18.4. The number of para-hydroxylation sites is 2. The SMILES string of the molecule is CCC(C)Oc1cc(C(N)=O)ccc1Nc1ncnc2[nH]c(C)c(C)c12.Cc1[nH]c2ncnc(Nc3ccc(C(N)=O)cc3OC(C)C)c2c1C.Cc1[nH]c2ncnc(Nc3ccccc3OC3CCOC3)c2c1C.NC(=O)c1ccc(Nc2ncnc3[nH]ccc23)cc1Cl.O=C(O)c1ccc(Nc2ncnc3[nH]ccc23)cc1Cl.c1nc(Nc2ccc3[nH]ncc3c2)c2cc[nH]c2n1. The number of nitrogens with two attached hydrogens (primary N) is 3. The molecule has 1 fully saturated rings. The molecule has 1 saturated heterocycles. The number of anilines is 12. The number of carboxylic acids is 1. The summed E-state index contributed by atoms with van der Waals surface area (Å²) in [6.45, 7) is 21.4. The van der Waals surface area contributed by atoms with E-state index in [4.69, 9.17) is 64.5 Å². The van der Waals surface area contributed by atoms with E-state index >= 15 is 0 Å². The highest BCUT2D eigenvalue weighted by atomic mass is 35.5. The Bertz CT molecular complexity index is 7370. The molecule has 38 nitrogen and oxygen atoms in total. The number of carbonyl (C=O) groups excluding carboxylic acids is 3. The quantitative estimate of drug-likeness (QED) is 0.0283. The highest BCUT2D eigenvalue weighted by Gasteiger charge is 2.23. The molecule has 20 N–H and O–H groups in total. The molecule has 13 aromatic heterocycles. The molecule has 40 heteroatoms. The lowest BCUT2D eigenvalue weighted by molar-refractivity contribution is 0.0696. The van der Waals surface area contributed by atoms with Crippen molar-refractivity contribution in [2.75, 3.05) is 45.1 Å². The second-order valence-electron chi connectivity index (χ2n) is 31.1. The van der Waals surface area contributed by atoms with Gasteiger partial charge in [-0.25, -0.2) is 64.6 Å². The van der Waals surface area contributed by atoms with Crippen molar-refractivity contribution in [1.82, 2.24) is 99.9 Å². The summed E-state index contributed by atoms with van der Waals surface area (Å²) in [6, 6.07) is 39.3. The van der Waals surface area contributed by atoms with Crippen LogP contribution < -0.4 is 63.3 Å². The van der Waals surface area contributed by atoms with Crippen molar-refractivity contribution in [2.45, 2.75) is 100 Å². The van der Waals surface area contributed by atoms with Crippen molar-refractivity contribution in [1.29, 1.82) is 0 Å². The number of halogens is 2. The van der Waals surface area contributed by atoms with Crippen molar-refractivity contribution in [3.8, 4) is 17.2 Å². The van der Waals surface area contributed by atoms with Crippen LogP contribution in [0.4, 0.5) is 69.0 Å². The Kier molecular flexibility index (Phi) is 28.3. The number of aromatic amines is 7. The fraction of sp³-hybridized carbons (Fsp3) is 0.181. The van der Waals surface area contributed by atoms with Crippen molar-refractivity contribution in [2.24, 2.45) is 17.2 Å². The first-order valence-corrected chi connectivity index (χ1v) is 42.9. The lowest BCUT2D eigenvalue weighted by Crippen LogP contribution is -2.16. The van der Waals surface area contributed by atoms with Crippen LogP contribution in [-0.2, 0) is 4.74 Å². The number of carboxylic acid groups (broad SMARTS) is 1. The standard InChI is InChI=1S/C19H23N5O2.C18H21N5O2.C18H20N4O2.C13H10ClN5O.C13H9ClN4O2.C13H10N6/c1-5-10(2)26-15-8-13(17(20)25)6-7-14(15)24-19-16-11(3)12(4)23-18(16)21-9-22-19;1-9(2)25-14-7-12(16(19)24)5-6-13(14)23-18-15-10(3)11(4)22-17(15)20-8-21-18;1-11-12(2)21-17-16(11)18(20-10-19-17)22-14-5-3-4-6-15(14)24-13-7-8-23-9-13;14-10-5-7(1-2-8(10)11(15)20)19-13-9-3-4-16-12(9)17-6-18-13;14-10-5-7(1-2-8(10)13(19)20)18-12-9-3-4-15-11(9)16-6-17-12;1-2-11-8(6-17-19-11)5-9(1)18-13-10-3-4-14-12(10)15-7-16-13/h6-10H,5H2,1-4H3,(H2,20,25)(H2,21,22,23,24);5-9H,1-4H3,(H2,19,24)(H2,20,21,22,23);3-6,10,13H,7-9H2,1-2H3,(H2,19,20,21,22);1-6H,(H2,15,20)(H2,16,17,18,19);1-6H,(H,19,20)(H2,15,16,17,18);1-7H,(H,17,19)(H2,14,15,16,18). The van der Waals surface area contributed by atoms with E-state index in [2.05, 4.69) is 139 Å². The third kappa shape index (κ3) is 21.5. The Morgan fingerprint density at radius 1 is 0.463 bits per heavy atom. The van der Waals surface area contributed by atoms with Crippen LogP contribution >= 0.6 is 23.2 Å². The third-order valence-electron chi connectivity index (χ3n) is 21.6. The monoisotopic (exact) mass is 1840 g/mol. The topological polar surface area (TPSA) is 554 Å². The summed E-state index contributed by atoms with van der Waals surface area (Å²) in [5.74, 6) is 3.50. The predicted molar refractivity (Wildman–Crippen MR) is 518 cm³/mol. The van der Waals surface area contributed by atoms with E-state index in [1.807, 2.05) is 129 Å². The Morgan fingerprint density at radius 3 is 1.28 bits per heavy atom. The molecule has 0 aliphatic carbocycles. The molecule has 1 aliphatic rings. The van der Waals surface area contributed by atoms with E-state index in [0.29, 0.717) is 80.3 Å². The fourth-order valence-electron chi connectivity index (χ4n) is 14.2. The van der Waals surface area contributed by atoms with Gasteiger partial charge in [-0.3, -0.25) is 19.5 Å². The zero-order valence-corrected chi connectivity index (χ0v) is 75.6. The Labute approximate surface area is 774 Å². The van der Waals surface area contributed by atoms with Gasteiger partial charge in [0, 0.05) is 75.7 Å². The van der Waals surface area contributed by atoms with Crippen LogP contribution in [0.15, 0.2) is 196 Å². The molecule has 0 bridgehead atoms. The first-order valence-electron chi connectivity index (χ1n) is 42.1. The maximum absolute atomic E-state index is 11.5. The van der Waals surface area contributed by atoms with E-state index in [1.54, 1.807) is 91.6 Å². The summed E-state index contributed by atoms with van der Waals surface area (Å²) < 4.78 is 23.3. The van der Waals surface area contributed by atoms with Gasteiger partial charge in [-0.2, -0.15) is 5.10 Å². The number of amides is 3. The van der Waals surface area contributed by atoms with Crippen molar-refractivity contribution in [3.63, 3.8) is 0 Å². The van der Waals surface area contributed by atoms with Gasteiger partial charge >= 0.3 is 5.97 Å². The normalized spacial score (nSPS) is 12.3. The van der Waals surface area contributed by atoms with Gasteiger partial charge in [-0.15, -0.1) is 0 Å². The lowest BCUT2D eigenvalue weighted by Gasteiger charge is -2.18. The number of hydrogen-bond donors (Lipinski definition) is 17. The Balaban J connectivity index is 0.000000123.